The van der Waals surface area contributed by atoms with Crippen LogP contribution in [0.5, 0.6) is 0 Å². The Morgan fingerprint density at radius 2 is 2.44 bits per heavy atom. The van der Waals surface area contributed by atoms with E-state index in [1.54, 1.807) is 6.92 Å². The summed E-state index contributed by atoms with van der Waals surface area (Å²) in [5, 5.41) is 9.99. The van der Waals surface area contributed by atoms with Gasteiger partial charge < -0.3 is 9.73 Å². The maximum Gasteiger partial charge on any atom is 0.230 e. The predicted molar refractivity (Wildman–Crippen MR) is 31.2 cm³/mol. The molecule has 0 saturated heterocycles. The second-order valence-electron chi connectivity index (χ2n) is 1.64. The smallest absolute Gasteiger partial charge is 0.230 e. The van der Waals surface area contributed by atoms with Gasteiger partial charge in [0.25, 0.3) is 0 Å². The summed E-state index contributed by atoms with van der Waals surface area (Å²) in [6.07, 6.45) is 0. The number of aryl methyl sites for hydroxylation is 1. The van der Waals surface area contributed by atoms with Crippen molar-refractivity contribution < 1.29 is 4.42 Å². The van der Waals surface area contributed by atoms with Crippen molar-refractivity contribution >= 4 is 0 Å². The van der Waals surface area contributed by atoms with Gasteiger partial charge in [0, 0.05) is 14.0 Å². The monoisotopic (exact) mass is 126 g/mol. The molecule has 0 aliphatic heterocycles. The van der Waals surface area contributed by atoms with Crippen molar-refractivity contribution in [2.75, 3.05) is 0 Å². The highest BCUT2D eigenvalue weighted by atomic mass is 16.4. The van der Waals surface area contributed by atoms with E-state index >= 15 is 0 Å². The third kappa shape index (κ3) is 1.50. The van der Waals surface area contributed by atoms with Crippen LogP contribution >= 0.6 is 0 Å². The van der Waals surface area contributed by atoms with Crippen LogP contribution in [0.4, 0.5) is 0 Å². The van der Waals surface area contributed by atoms with Gasteiger partial charge in [0.2, 0.25) is 11.8 Å². The Kier molecular flexibility index (Phi) is 1.79. The molecule has 1 N–H and O–H groups in total. The van der Waals surface area contributed by atoms with E-state index in [1.807, 2.05) is 0 Å². The van der Waals surface area contributed by atoms with E-state index in [2.05, 4.69) is 22.6 Å². The van der Waals surface area contributed by atoms with Gasteiger partial charge in [-0.05, 0) is 0 Å². The topological polar surface area (TPSA) is 51.0 Å². The molecule has 0 unspecified atom stereocenters. The first-order valence-electron chi connectivity index (χ1n) is 2.62. The fourth-order valence-electron chi connectivity index (χ4n) is 0.516. The number of hydrogen-bond acceptors (Lipinski definition) is 4. The molecule has 0 saturated carbocycles. The fraction of sp³-hybridized carbons (Fsp3) is 0.400. The molecule has 0 fully saturated rings. The van der Waals surface area contributed by atoms with Gasteiger partial charge in [-0.2, -0.15) is 0 Å². The van der Waals surface area contributed by atoms with Crippen LogP contribution in [-0.4, -0.2) is 10.2 Å². The Morgan fingerprint density at radius 3 is 2.89 bits per heavy atom. The normalized spacial score (nSPS) is 10.0. The second kappa shape index (κ2) is 2.59. The lowest BCUT2D eigenvalue weighted by atomic mass is 10.6. The lowest BCUT2D eigenvalue weighted by Crippen LogP contribution is -2.01. The molecule has 1 aromatic rings. The molecule has 0 atom stereocenters. The first-order valence-corrected chi connectivity index (χ1v) is 2.62. The summed E-state index contributed by atoms with van der Waals surface area (Å²) in [6.45, 7) is 2.28. The van der Waals surface area contributed by atoms with Crippen LogP contribution in [0.1, 0.15) is 11.8 Å². The standard InChI is InChI=1S/C5H8N3O/c1-4-7-8-5(9-4)3-6-2/h6H,2-3H2,1H3. The highest BCUT2D eigenvalue weighted by Crippen LogP contribution is 1.95. The Balaban J connectivity index is 2.61. The van der Waals surface area contributed by atoms with E-state index in [4.69, 9.17) is 4.42 Å². The van der Waals surface area contributed by atoms with Gasteiger partial charge in [0.05, 0.1) is 6.54 Å². The molecule has 0 amide bonds. The van der Waals surface area contributed by atoms with Crippen molar-refractivity contribution in [2.24, 2.45) is 0 Å². The van der Waals surface area contributed by atoms with Gasteiger partial charge in [0.15, 0.2) is 0 Å². The summed E-state index contributed by atoms with van der Waals surface area (Å²) >= 11 is 0. The SMILES string of the molecule is [CH2]NCc1nnc(C)o1. The molecule has 9 heavy (non-hydrogen) atoms. The number of aromatic nitrogens is 2. The average Bonchev–Trinajstić information content (AvgIpc) is 2.17. The minimum Gasteiger partial charge on any atom is -0.424 e. The molecule has 1 aromatic heterocycles. The molecule has 4 nitrogen and oxygen atoms in total. The lowest BCUT2D eigenvalue weighted by molar-refractivity contribution is 0.459. The molecule has 1 radical (unpaired) electrons. The van der Waals surface area contributed by atoms with Gasteiger partial charge >= 0.3 is 0 Å². The Hall–Kier alpha value is -0.900. The summed E-state index contributed by atoms with van der Waals surface area (Å²) in [4.78, 5) is 0. The van der Waals surface area contributed by atoms with E-state index in [9.17, 15) is 0 Å². The summed E-state index contributed by atoms with van der Waals surface area (Å²) < 4.78 is 5.00. The van der Waals surface area contributed by atoms with Crippen LogP contribution in [-0.2, 0) is 6.54 Å². The van der Waals surface area contributed by atoms with E-state index < -0.39 is 0 Å². The first-order chi connectivity index (χ1) is 4.33. The molecule has 49 valence electrons. The summed E-state index contributed by atoms with van der Waals surface area (Å²) in [7, 11) is 3.41. The number of hydrogen-bond donors (Lipinski definition) is 1. The molecule has 1 heterocycles. The number of rotatable bonds is 2. The third-order valence-electron chi connectivity index (χ3n) is 0.844. The minimum atomic E-state index is 0.529. The highest BCUT2D eigenvalue weighted by Gasteiger charge is 1.97. The summed E-state index contributed by atoms with van der Waals surface area (Å²) in [5.41, 5.74) is 0. The molecule has 0 aromatic carbocycles. The van der Waals surface area contributed by atoms with E-state index in [0.717, 1.165) is 0 Å². The minimum absolute atomic E-state index is 0.529. The highest BCUT2D eigenvalue weighted by molar-refractivity contribution is 4.77. The van der Waals surface area contributed by atoms with Crippen LogP contribution in [0, 0.1) is 14.0 Å². The molecule has 4 heteroatoms. The van der Waals surface area contributed by atoms with Gasteiger partial charge in [-0.25, -0.2) is 0 Å². The first kappa shape index (κ1) is 6.22. The van der Waals surface area contributed by atoms with Crippen molar-refractivity contribution in [3.63, 3.8) is 0 Å². The molecular formula is C5H8N3O. The van der Waals surface area contributed by atoms with Crippen molar-refractivity contribution in [3.8, 4) is 0 Å². The van der Waals surface area contributed by atoms with Gasteiger partial charge in [-0.1, -0.05) is 0 Å². The Labute approximate surface area is 53.3 Å². The van der Waals surface area contributed by atoms with Crippen molar-refractivity contribution in [1.82, 2.24) is 15.5 Å². The zero-order valence-electron chi connectivity index (χ0n) is 5.22. The van der Waals surface area contributed by atoms with Crippen LogP contribution < -0.4 is 5.32 Å². The summed E-state index contributed by atoms with van der Waals surface area (Å²) in [6, 6.07) is 0. The van der Waals surface area contributed by atoms with Gasteiger partial charge in [0.1, 0.15) is 0 Å². The second-order valence-corrected chi connectivity index (χ2v) is 1.64. The van der Waals surface area contributed by atoms with E-state index in [-0.39, 0.29) is 0 Å². The predicted octanol–water partition coefficient (Wildman–Crippen LogP) is 0.259. The van der Waals surface area contributed by atoms with Crippen molar-refractivity contribution in [3.05, 3.63) is 18.8 Å². The van der Waals surface area contributed by atoms with Crippen molar-refractivity contribution in [2.45, 2.75) is 13.5 Å². The van der Waals surface area contributed by atoms with Crippen LogP contribution in [0.15, 0.2) is 4.42 Å². The molecule has 0 aliphatic carbocycles. The maximum atomic E-state index is 5.00. The molecule has 0 spiro atoms. The fourth-order valence-corrected chi connectivity index (χ4v) is 0.516. The summed E-state index contributed by atoms with van der Waals surface area (Å²) in [5.74, 6) is 1.16. The largest absolute Gasteiger partial charge is 0.424 e. The molecule has 0 bridgehead atoms. The zero-order valence-corrected chi connectivity index (χ0v) is 5.22. The average molecular weight is 126 g/mol. The van der Waals surface area contributed by atoms with Gasteiger partial charge in [-0.3, -0.25) is 0 Å². The van der Waals surface area contributed by atoms with E-state index in [1.165, 1.54) is 0 Å². The lowest BCUT2D eigenvalue weighted by Gasteiger charge is -1.86. The van der Waals surface area contributed by atoms with Crippen LogP contribution in [0.3, 0.4) is 0 Å². The third-order valence-corrected chi connectivity index (χ3v) is 0.844. The van der Waals surface area contributed by atoms with Crippen LogP contribution in [0.2, 0.25) is 0 Å². The quantitative estimate of drug-likeness (QED) is 0.617. The maximum absolute atomic E-state index is 5.00. The Morgan fingerprint density at radius 1 is 1.67 bits per heavy atom. The zero-order chi connectivity index (χ0) is 6.69. The van der Waals surface area contributed by atoms with Crippen molar-refractivity contribution in [1.29, 1.82) is 0 Å². The van der Waals surface area contributed by atoms with Crippen LogP contribution in [0.25, 0.3) is 0 Å². The van der Waals surface area contributed by atoms with Gasteiger partial charge in [-0.15, -0.1) is 10.2 Å². The number of nitrogens with zero attached hydrogens (tertiary/aromatic N) is 2. The molecular weight excluding hydrogens is 118 g/mol. The number of nitrogens with one attached hydrogen (secondary N) is 1. The molecule has 0 aliphatic rings. The van der Waals surface area contributed by atoms with E-state index in [0.29, 0.717) is 18.3 Å². The molecule has 1 rings (SSSR count). The Bertz CT molecular complexity index is 184.